The lowest BCUT2D eigenvalue weighted by atomic mass is 10.0. The van der Waals surface area contributed by atoms with Gasteiger partial charge in [-0.15, -0.1) is 11.3 Å². The second-order valence-corrected chi connectivity index (χ2v) is 9.96. The minimum atomic E-state index is -3.84. The molecule has 1 aliphatic heterocycles. The number of benzene rings is 2. The van der Waals surface area contributed by atoms with Gasteiger partial charge in [-0.1, -0.05) is 35.9 Å². The SMILES string of the molecule is N#Cc1cc(NC(=O)c2sccc2S(=O)(=O)N2CCc3ccccc3C2)ccc1Cl. The summed E-state index contributed by atoms with van der Waals surface area (Å²) in [7, 11) is -3.84. The predicted octanol–water partition coefficient (Wildman–Crippen LogP) is 4.27. The summed E-state index contributed by atoms with van der Waals surface area (Å²) in [5, 5.41) is 13.6. The van der Waals surface area contributed by atoms with Crippen molar-refractivity contribution in [3.8, 4) is 6.07 Å². The third-order valence-corrected chi connectivity index (χ3v) is 8.15. The second-order valence-electron chi connectivity index (χ2n) is 6.73. The molecule has 3 aromatic rings. The molecular formula is C21H16ClN3O3S2. The van der Waals surface area contributed by atoms with Crippen LogP contribution in [0.5, 0.6) is 0 Å². The van der Waals surface area contributed by atoms with E-state index in [1.165, 1.54) is 22.5 Å². The predicted molar refractivity (Wildman–Crippen MR) is 116 cm³/mol. The number of sulfonamides is 1. The number of thiophene rings is 1. The Morgan fingerprint density at radius 1 is 1.17 bits per heavy atom. The highest BCUT2D eigenvalue weighted by atomic mass is 35.5. The fourth-order valence-electron chi connectivity index (χ4n) is 3.36. The van der Waals surface area contributed by atoms with Crippen molar-refractivity contribution >= 4 is 44.6 Å². The van der Waals surface area contributed by atoms with Crippen LogP contribution in [-0.4, -0.2) is 25.2 Å². The van der Waals surface area contributed by atoms with E-state index in [1.54, 1.807) is 11.4 Å². The fraction of sp³-hybridized carbons (Fsp3) is 0.143. The molecule has 4 rings (SSSR count). The summed E-state index contributed by atoms with van der Waals surface area (Å²) in [6.45, 7) is 0.636. The summed E-state index contributed by atoms with van der Waals surface area (Å²) in [6.07, 6.45) is 0.628. The highest BCUT2D eigenvalue weighted by molar-refractivity contribution is 7.89. The van der Waals surface area contributed by atoms with Gasteiger partial charge in [-0.25, -0.2) is 8.42 Å². The summed E-state index contributed by atoms with van der Waals surface area (Å²) in [6, 6.07) is 15.7. The van der Waals surface area contributed by atoms with Crippen LogP contribution in [-0.2, 0) is 23.0 Å². The number of halogens is 1. The number of nitrogens with zero attached hydrogens (tertiary/aromatic N) is 2. The first-order chi connectivity index (χ1) is 14.4. The molecule has 0 atom stereocenters. The molecule has 0 radical (unpaired) electrons. The molecule has 30 heavy (non-hydrogen) atoms. The van der Waals surface area contributed by atoms with Gasteiger partial charge in [-0.3, -0.25) is 4.79 Å². The molecule has 0 fully saturated rings. The molecule has 0 unspecified atom stereocenters. The Bertz CT molecular complexity index is 1280. The Morgan fingerprint density at radius 2 is 1.93 bits per heavy atom. The zero-order valence-electron chi connectivity index (χ0n) is 15.6. The molecule has 0 bridgehead atoms. The molecule has 9 heteroatoms. The number of amides is 1. The van der Waals surface area contributed by atoms with Gasteiger partial charge in [-0.2, -0.15) is 9.57 Å². The van der Waals surface area contributed by atoms with Gasteiger partial charge >= 0.3 is 0 Å². The smallest absolute Gasteiger partial charge is 0.267 e. The molecule has 0 aliphatic carbocycles. The maximum atomic E-state index is 13.3. The van der Waals surface area contributed by atoms with E-state index in [1.807, 2.05) is 30.3 Å². The topological polar surface area (TPSA) is 90.3 Å². The third kappa shape index (κ3) is 3.85. The van der Waals surface area contributed by atoms with Crippen molar-refractivity contribution in [3.63, 3.8) is 0 Å². The number of fused-ring (bicyclic) bond motifs is 1. The number of anilines is 1. The average molecular weight is 458 g/mol. The molecular weight excluding hydrogens is 442 g/mol. The van der Waals surface area contributed by atoms with Crippen LogP contribution in [0.2, 0.25) is 5.02 Å². The molecule has 1 N–H and O–H groups in total. The van der Waals surface area contributed by atoms with Crippen molar-refractivity contribution in [2.24, 2.45) is 0 Å². The Hall–Kier alpha value is -2.70. The van der Waals surface area contributed by atoms with Crippen LogP contribution in [0.4, 0.5) is 5.69 Å². The molecule has 0 saturated heterocycles. The Kier molecular flexibility index (Phi) is 5.62. The minimum absolute atomic E-state index is 0.0150. The molecule has 0 spiro atoms. The molecule has 2 heterocycles. The van der Waals surface area contributed by atoms with E-state index < -0.39 is 15.9 Å². The first-order valence-electron chi connectivity index (χ1n) is 9.05. The fourth-order valence-corrected chi connectivity index (χ4v) is 6.23. The van der Waals surface area contributed by atoms with E-state index in [-0.39, 0.29) is 26.9 Å². The van der Waals surface area contributed by atoms with Gasteiger partial charge in [0.2, 0.25) is 10.0 Å². The molecule has 152 valence electrons. The number of rotatable bonds is 4. The van der Waals surface area contributed by atoms with Gasteiger partial charge in [0.25, 0.3) is 5.91 Å². The summed E-state index contributed by atoms with van der Waals surface area (Å²) < 4.78 is 28.0. The van der Waals surface area contributed by atoms with Crippen molar-refractivity contribution in [2.75, 3.05) is 11.9 Å². The summed E-state index contributed by atoms with van der Waals surface area (Å²) in [4.78, 5) is 12.9. The maximum absolute atomic E-state index is 13.3. The lowest BCUT2D eigenvalue weighted by molar-refractivity contribution is 0.102. The van der Waals surface area contributed by atoms with Crippen molar-refractivity contribution in [2.45, 2.75) is 17.9 Å². The number of carbonyl (C=O) groups is 1. The number of hydrogen-bond donors (Lipinski definition) is 1. The van der Waals surface area contributed by atoms with Gasteiger partial charge in [-0.05, 0) is 47.2 Å². The van der Waals surface area contributed by atoms with Crippen LogP contribution in [0.3, 0.4) is 0 Å². The molecule has 0 saturated carbocycles. The Labute approximate surface area is 183 Å². The maximum Gasteiger partial charge on any atom is 0.267 e. The standard InChI is InChI=1S/C21H16ClN3O3S2/c22-18-6-5-17(11-16(18)12-23)24-21(26)20-19(8-10-29-20)30(27,28)25-9-7-14-3-1-2-4-15(14)13-25/h1-6,8,10-11H,7,9,13H2,(H,24,26). The zero-order chi connectivity index (χ0) is 21.3. The Morgan fingerprint density at radius 3 is 2.70 bits per heavy atom. The lowest BCUT2D eigenvalue weighted by Gasteiger charge is -2.28. The number of nitriles is 1. The van der Waals surface area contributed by atoms with Crippen LogP contribution in [0.1, 0.15) is 26.4 Å². The van der Waals surface area contributed by atoms with E-state index in [2.05, 4.69) is 5.32 Å². The number of nitrogens with one attached hydrogen (secondary N) is 1. The molecule has 6 nitrogen and oxygen atoms in total. The largest absolute Gasteiger partial charge is 0.321 e. The average Bonchev–Trinajstić information content (AvgIpc) is 3.26. The summed E-state index contributed by atoms with van der Waals surface area (Å²) >= 11 is 6.98. The first kappa shape index (κ1) is 20.6. The van der Waals surface area contributed by atoms with Crippen LogP contribution >= 0.6 is 22.9 Å². The summed E-state index contributed by atoms with van der Waals surface area (Å²) in [5.41, 5.74) is 2.70. The number of carbonyl (C=O) groups excluding carboxylic acids is 1. The van der Waals surface area contributed by atoms with Crippen LogP contribution in [0.25, 0.3) is 0 Å². The van der Waals surface area contributed by atoms with Crippen molar-refractivity contribution in [1.82, 2.24) is 4.31 Å². The van der Waals surface area contributed by atoms with E-state index in [9.17, 15) is 13.2 Å². The molecule has 2 aromatic carbocycles. The van der Waals surface area contributed by atoms with Crippen molar-refractivity contribution in [3.05, 3.63) is 80.5 Å². The van der Waals surface area contributed by atoms with Gasteiger partial charge in [0.15, 0.2) is 0 Å². The Balaban J connectivity index is 1.60. The zero-order valence-corrected chi connectivity index (χ0v) is 18.0. The lowest BCUT2D eigenvalue weighted by Crippen LogP contribution is -2.36. The quantitative estimate of drug-likeness (QED) is 0.633. The van der Waals surface area contributed by atoms with Gasteiger partial charge in [0.05, 0.1) is 10.6 Å². The second kappa shape index (κ2) is 8.20. The first-order valence-corrected chi connectivity index (χ1v) is 11.8. The highest BCUT2D eigenvalue weighted by Crippen LogP contribution is 2.30. The van der Waals surface area contributed by atoms with E-state index in [0.29, 0.717) is 18.7 Å². The van der Waals surface area contributed by atoms with Crippen molar-refractivity contribution < 1.29 is 13.2 Å². The highest BCUT2D eigenvalue weighted by Gasteiger charge is 2.32. The van der Waals surface area contributed by atoms with Gasteiger partial charge in [0.1, 0.15) is 15.8 Å². The van der Waals surface area contributed by atoms with E-state index in [4.69, 9.17) is 16.9 Å². The van der Waals surface area contributed by atoms with Crippen molar-refractivity contribution in [1.29, 1.82) is 5.26 Å². The normalized spacial score (nSPS) is 14.0. The monoisotopic (exact) mass is 457 g/mol. The molecule has 1 aliphatic rings. The van der Waals surface area contributed by atoms with E-state index in [0.717, 1.165) is 22.5 Å². The van der Waals surface area contributed by atoms with E-state index >= 15 is 0 Å². The molecule has 1 aromatic heterocycles. The minimum Gasteiger partial charge on any atom is -0.321 e. The van der Waals surface area contributed by atoms with Gasteiger partial charge in [0, 0.05) is 18.8 Å². The van der Waals surface area contributed by atoms with Crippen LogP contribution in [0.15, 0.2) is 58.8 Å². The summed E-state index contributed by atoms with van der Waals surface area (Å²) in [5.74, 6) is -0.549. The van der Waals surface area contributed by atoms with Gasteiger partial charge < -0.3 is 5.32 Å². The number of hydrogen-bond acceptors (Lipinski definition) is 5. The van der Waals surface area contributed by atoms with Crippen LogP contribution < -0.4 is 5.32 Å². The third-order valence-electron chi connectivity index (χ3n) is 4.89. The molecule has 1 amide bonds. The van der Waals surface area contributed by atoms with Crippen LogP contribution in [0, 0.1) is 11.3 Å².